The first-order chi connectivity index (χ1) is 14.4. The van der Waals surface area contributed by atoms with Crippen LogP contribution in [0, 0.1) is 0 Å². The van der Waals surface area contributed by atoms with Crippen LogP contribution in [0.1, 0.15) is 17.9 Å². The number of H-pyrrole nitrogens is 1. The summed E-state index contributed by atoms with van der Waals surface area (Å²) in [6.45, 7) is 0. The van der Waals surface area contributed by atoms with Gasteiger partial charge in [0.15, 0.2) is 0 Å². The summed E-state index contributed by atoms with van der Waals surface area (Å²) in [6, 6.07) is 13.6. The summed E-state index contributed by atoms with van der Waals surface area (Å²) in [7, 11) is 0. The smallest absolute Gasteiger partial charge is 0.258 e. The summed E-state index contributed by atoms with van der Waals surface area (Å²) < 4.78 is 0. The van der Waals surface area contributed by atoms with Crippen molar-refractivity contribution in [2.75, 3.05) is 16.0 Å². The number of nitrogens with zero attached hydrogens (tertiary/aromatic N) is 1. The average Bonchev–Trinajstić information content (AvgIpc) is 2.70. The number of hydrogen-bond acceptors (Lipinski definition) is 5. The summed E-state index contributed by atoms with van der Waals surface area (Å²) in [4.78, 5) is 44.5. The van der Waals surface area contributed by atoms with Crippen LogP contribution in [0.2, 0.25) is 10.0 Å². The Hall–Kier alpha value is -3.36. The van der Waals surface area contributed by atoms with E-state index in [1.54, 1.807) is 36.4 Å². The van der Waals surface area contributed by atoms with Gasteiger partial charge in [-0.05, 0) is 30.3 Å². The zero-order chi connectivity index (χ0) is 21.3. The van der Waals surface area contributed by atoms with Crippen molar-refractivity contribution in [3.8, 4) is 0 Å². The first-order valence-corrected chi connectivity index (χ1v) is 9.68. The molecule has 1 aliphatic heterocycles. The summed E-state index contributed by atoms with van der Waals surface area (Å²) in [5.41, 5.74) is 0.580. The van der Waals surface area contributed by atoms with E-state index in [2.05, 4.69) is 25.9 Å². The van der Waals surface area contributed by atoms with Gasteiger partial charge < -0.3 is 16.0 Å². The van der Waals surface area contributed by atoms with Gasteiger partial charge in [0, 0.05) is 17.1 Å². The standard InChI is InChI=1S/C20H15Cl2N5O3/c21-10-6-7-14(13(22)8-10)24-20-26-17-16(19(30)27-20)12(9-15(28)25-17)18(29)23-11-4-2-1-3-5-11/h1-8,12H,9H2,(H,23,29)(H3,24,25,26,27,28,30). The van der Waals surface area contributed by atoms with Gasteiger partial charge >= 0.3 is 0 Å². The predicted molar refractivity (Wildman–Crippen MR) is 116 cm³/mol. The average molecular weight is 444 g/mol. The third-order valence-electron chi connectivity index (χ3n) is 4.49. The monoisotopic (exact) mass is 443 g/mol. The molecule has 8 nitrogen and oxygen atoms in total. The number of benzene rings is 2. The van der Waals surface area contributed by atoms with Crippen molar-refractivity contribution in [3.63, 3.8) is 0 Å². The topological polar surface area (TPSA) is 116 Å². The number of aromatic nitrogens is 2. The van der Waals surface area contributed by atoms with E-state index >= 15 is 0 Å². The van der Waals surface area contributed by atoms with Crippen molar-refractivity contribution < 1.29 is 9.59 Å². The number of carbonyl (C=O) groups excluding carboxylic acids is 2. The van der Waals surface area contributed by atoms with Crippen LogP contribution >= 0.6 is 23.2 Å². The Morgan fingerprint density at radius 1 is 1.10 bits per heavy atom. The molecule has 3 aromatic rings. The molecule has 0 aliphatic carbocycles. The lowest BCUT2D eigenvalue weighted by Gasteiger charge is -2.23. The van der Waals surface area contributed by atoms with Crippen molar-refractivity contribution in [2.45, 2.75) is 12.3 Å². The Labute approximate surface area is 180 Å². The second-order valence-corrected chi connectivity index (χ2v) is 7.43. The Morgan fingerprint density at radius 3 is 2.60 bits per heavy atom. The molecule has 4 N–H and O–H groups in total. The van der Waals surface area contributed by atoms with Crippen LogP contribution in [0.15, 0.2) is 53.3 Å². The molecule has 0 saturated carbocycles. The van der Waals surface area contributed by atoms with Crippen molar-refractivity contribution in [2.24, 2.45) is 0 Å². The van der Waals surface area contributed by atoms with E-state index in [1.807, 2.05) is 6.07 Å². The molecular weight excluding hydrogens is 429 g/mol. The number of anilines is 4. The highest BCUT2D eigenvalue weighted by Gasteiger charge is 2.34. The predicted octanol–water partition coefficient (Wildman–Crippen LogP) is 3.88. The molecule has 152 valence electrons. The minimum absolute atomic E-state index is 0.0239. The number of amides is 2. The van der Waals surface area contributed by atoms with E-state index in [4.69, 9.17) is 23.2 Å². The van der Waals surface area contributed by atoms with Gasteiger partial charge in [0.05, 0.1) is 22.2 Å². The summed E-state index contributed by atoms with van der Waals surface area (Å²) in [5.74, 6) is -1.77. The second kappa shape index (κ2) is 8.17. The zero-order valence-corrected chi connectivity index (χ0v) is 16.8. The van der Waals surface area contributed by atoms with Gasteiger partial charge in [-0.1, -0.05) is 41.4 Å². The molecular formula is C20H15Cl2N5O3. The largest absolute Gasteiger partial charge is 0.326 e. The van der Waals surface area contributed by atoms with Gasteiger partial charge in [0.25, 0.3) is 5.56 Å². The molecule has 0 radical (unpaired) electrons. The van der Waals surface area contributed by atoms with Gasteiger partial charge in [0.2, 0.25) is 17.8 Å². The number of para-hydroxylation sites is 1. The molecule has 1 aromatic heterocycles. The minimum atomic E-state index is -0.974. The molecule has 0 bridgehead atoms. The van der Waals surface area contributed by atoms with Gasteiger partial charge in [-0.15, -0.1) is 0 Å². The first-order valence-electron chi connectivity index (χ1n) is 8.93. The molecule has 1 unspecified atom stereocenters. The Kier molecular flexibility index (Phi) is 5.43. The van der Waals surface area contributed by atoms with Gasteiger partial charge in [-0.3, -0.25) is 19.4 Å². The summed E-state index contributed by atoms with van der Waals surface area (Å²) >= 11 is 12.0. The third-order valence-corrected chi connectivity index (χ3v) is 5.04. The Balaban J connectivity index is 1.65. The Bertz CT molecular complexity index is 1200. The van der Waals surface area contributed by atoms with Crippen LogP contribution in [0.3, 0.4) is 0 Å². The highest BCUT2D eigenvalue weighted by atomic mass is 35.5. The highest BCUT2D eigenvalue weighted by molar-refractivity contribution is 6.36. The van der Waals surface area contributed by atoms with E-state index in [-0.39, 0.29) is 23.8 Å². The number of halogens is 2. The van der Waals surface area contributed by atoms with Gasteiger partial charge in [-0.2, -0.15) is 4.98 Å². The number of nitrogens with one attached hydrogen (secondary N) is 4. The van der Waals surface area contributed by atoms with Gasteiger partial charge in [0.1, 0.15) is 5.82 Å². The fourth-order valence-electron chi connectivity index (χ4n) is 3.12. The molecule has 4 rings (SSSR count). The minimum Gasteiger partial charge on any atom is -0.326 e. The molecule has 0 spiro atoms. The summed E-state index contributed by atoms with van der Waals surface area (Å²) in [5, 5.41) is 8.94. The number of hydrogen-bond donors (Lipinski definition) is 4. The van der Waals surface area contributed by atoms with Crippen molar-refractivity contribution in [1.29, 1.82) is 0 Å². The molecule has 10 heteroatoms. The molecule has 0 fully saturated rings. The lowest BCUT2D eigenvalue weighted by Crippen LogP contribution is -2.36. The first kappa shape index (κ1) is 19.9. The number of rotatable bonds is 4. The Morgan fingerprint density at radius 2 is 1.87 bits per heavy atom. The molecule has 1 aliphatic rings. The van der Waals surface area contributed by atoms with Gasteiger partial charge in [-0.25, -0.2) is 0 Å². The van der Waals surface area contributed by atoms with Crippen LogP contribution in [0.4, 0.5) is 23.1 Å². The van der Waals surface area contributed by atoms with Crippen LogP contribution in [0.5, 0.6) is 0 Å². The van der Waals surface area contributed by atoms with Crippen LogP contribution in [-0.2, 0) is 9.59 Å². The maximum atomic E-state index is 12.8. The number of carbonyl (C=O) groups is 2. The second-order valence-electron chi connectivity index (χ2n) is 6.59. The van der Waals surface area contributed by atoms with E-state index in [1.165, 1.54) is 6.07 Å². The fraction of sp³-hybridized carbons (Fsp3) is 0.100. The number of fused-ring (bicyclic) bond motifs is 1. The molecule has 30 heavy (non-hydrogen) atoms. The molecule has 0 saturated heterocycles. The van der Waals surface area contributed by atoms with Crippen LogP contribution in [0.25, 0.3) is 0 Å². The van der Waals surface area contributed by atoms with E-state index in [0.717, 1.165) is 0 Å². The van der Waals surface area contributed by atoms with E-state index in [9.17, 15) is 14.4 Å². The quantitative estimate of drug-likeness (QED) is 0.488. The molecule has 2 heterocycles. The normalized spacial score (nSPS) is 15.1. The van der Waals surface area contributed by atoms with E-state index in [0.29, 0.717) is 21.4 Å². The SMILES string of the molecule is O=C1CC(C(=O)Nc2ccccc2)c2c(nc(Nc3ccc(Cl)cc3Cl)[nH]c2=O)N1. The van der Waals surface area contributed by atoms with Crippen LogP contribution < -0.4 is 21.5 Å². The zero-order valence-electron chi connectivity index (χ0n) is 15.3. The maximum absolute atomic E-state index is 12.8. The maximum Gasteiger partial charge on any atom is 0.258 e. The third kappa shape index (κ3) is 4.14. The van der Waals surface area contributed by atoms with Crippen molar-refractivity contribution in [3.05, 3.63) is 74.5 Å². The molecule has 2 aromatic carbocycles. The lowest BCUT2D eigenvalue weighted by molar-refractivity contribution is -0.123. The fourth-order valence-corrected chi connectivity index (χ4v) is 3.58. The van der Waals surface area contributed by atoms with Crippen molar-refractivity contribution in [1.82, 2.24) is 9.97 Å². The van der Waals surface area contributed by atoms with Crippen LogP contribution in [-0.4, -0.2) is 21.8 Å². The summed E-state index contributed by atoms with van der Waals surface area (Å²) in [6.07, 6.45) is -0.161. The highest BCUT2D eigenvalue weighted by Crippen LogP contribution is 2.31. The molecule has 2 amide bonds. The lowest BCUT2D eigenvalue weighted by atomic mass is 9.92. The molecule has 1 atom stereocenters. The van der Waals surface area contributed by atoms with Crippen molar-refractivity contribution >= 4 is 58.2 Å². The number of aromatic amines is 1. The van der Waals surface area contributed by atoms with E-state index < -0.39 is 23.3 Å².